The van der Waals surface area contributed by atoms with Crippen molar-refractivity contribution in [2.24, 2.45) is 0 Å². The van der Waals surface area contributed by atoms with Crippen molar-refractivity contribution in [1.82, 2.24) is 5.16 Å². The summed E-state index contributed by atoms with van der Waals surface area (Å²) in [5.74, 6) is 0.812. The molecule has 1 aromatic heterocycles. The average Bonchev–Trinajstić information content (AvgIpc) is 2.75. The van der Waals surface area contributed by atoms with Gasteiger partial charge in [-0.3, -0.25) is 4.57 Å². The highest BCUT2D eigenvalue weighted by Gasteiger charge is 2.22. The van der Waals surface area contributed by atoms with Gasteiger partial charge in [-0.05, 0) is 12.1 Å². The molecule has 0 aliphatic heterocycles. The lowest BCUT2D eigenvalue weighted by atomic mass is 10.5. The summed E-state index contributed by atoms with van der Waals surface area (Å²) in [5.41, 5.74) is 0. The van der Waals surface area contributed by atoms with Gasteiger partial charge in [0.15, 0.2) is 5.76 Å². The summed E-state index contributed by atoms with van der Waals surface area (Å²) >= 11 is 0. The lowest BCUT2D eigenvalue weighted by Gasteiger charge is -2.14. The predicted octanol–water partition coefficient (Wildman–Crippen LogP) is 2.45. The third-order valence-corrected chi connectivity index (χ3v) is 3.81. The van der Waals surface area contributed by atoms with Crippen molar-refractivity contribution < 1.29 is 22.9 Å². The Morgan fingerprint density at radius 2 is 2.19 bits per heavy atom. The van der Waals surface area contributed by atoms with E-state index in [4.69, 9.17) is 18.3 Å². The molecule has 0 aliphatic rings. The van der Waals surface area contributed by atoms with E-state index in [1.165, 1.54) is 7.11 Å². The zero-order valence-corrected chi connectivity index (χ0v) is 10.5. The summed E-state index contributed by atoms with van der Waals surface area (Å²) in [6, 6.07) is 1.58. The molecular weight excluding hydrogens is 233 g/mol. The maximum absolute atomic E-state index is 11.9. The van der Waals surface area contributed by atoms with Gasteiger partial charge in [-0.15, -0.1) is 0 Å². The van der Waals surface area contributed by atoms with Crippen LogP contribution in [0.5, 0.6) is 5.88 Å². The first kappa shape index (κ1) is 13.2. The second-order valence-electron chi connectivity index (χ2n) is 2.95. The molecule has 0 saturated heterocycles. The number of rotatable bonds is 7. The first-order valence-corrected chi connectivity index (χ1v) is 6.74. The van der Waals surface area contributed by atoms with E-state index in [0.29, 0.717) is 24.4 Å². The lowest BCUT2D eigenvalue weighted by molar-refractivity contribution is 0.185. The van der Waals surface area contributed by atoms with Crippen molar-refractivity contribution in [2.75, 3.05) is 19.9 Å². The van der Waals surface area contributed by atoms with Gasteiger partial charge in [0.05, 0.1) is 13.7 Å². The molecule has 92 valence electrons. The lowest BCUT2D eigenvalue weighted by Crippen LogP contribution is -1.98. The number of nitrogens with zero attached hydrogens (tertiary/aromatic N) is 1. The zero-order valence-electron chi connectivity index (χ0n) is 9.63. The van der Waals surface area contributed by atoms with Crippen LogP contribution in [0.15, 0.2) is 10.6 Å². The van der Waals surface area contributed by atoms with E-state index < -0.39 is 7.60 Å². The summed E-state index contributed by atoms with van der Waals surface area (Å²) in [7, 11) is -1.51. The standard InChI is InChI=1S/C9H16NO5P/c1-4-13-16(11,5-2)14-7-8-6-9(12-3)10-15-8/h6H,4-5,7H2,1-3H3. The van der Waals surface area contributed by atoms with Crippen LogP contribution in [0, 0.1) is 0 Å². The molecule has 0 fully saturated rings. The van der Waals surface area contributed by atoms with Crippen LogP contribution in [0.2, 0.25) is 0 Å². The molecular formula is C9H16NO5P. The molecule has 0 bridgehead atoms. The minimum absolute atomic E-state index is 0.0570. The van der Waals surface area contributed by atoms with Crippen LogP contribution in [0.25, 0.3) is 0 Å². The molecule has 7 heteroatoms. The Hall–Kier alpha value is -0.840. The van der Waals surface area contributed by atoms with Gasteiger partial charge in [-0.25, -0.2) is 0 Å². The average molecular weight is 249 g/mol. The largest absolute Gasteiger partial charge is 0.479 e. The van der Waals surface area contributed by atoms with Gasteiger partial charge in [-0.2, -0.15) is 0 Å². The highest BCUT2D eigenvalue weighted by molar-refractivity contribution is 7.53. The Labute approximate surface area is 94.4 Å². The third-order valence-electron chi connectivity index (χ3n) is 1.86. The third kappa shape index (κ3) is 3.63. The van der Waals surface area contributed by atoms with Crippen molar-refractivity contribution in [1.29, 1.82) is 0 Å². The molecule has 0 N–H and O–H groups in total. The van der Waals surface area contributed by atoms with Gasteiger partial charge in [0.1, 0.15) is 6.61 Å². The highest BCUT2D eigenvalue weighted by Crippen LogP contribution is 2.48. The number of hydrogen-bond acceptors (Lipinski definition) is 6. The van der Waals surface area contributed by atoms with E-state index in [1.54, 1.807) is 19.9 Å². The second-order valence-corrected chi connectivity index (χ2v) is 5.32. The molecule has 0 aromatic carbocycles. The Morgan fingerprint density at radius 3 is 2.69 bits per heavy atom. The Kier molecular flexibility index (Phi) is 4.99. The highest BCUT2D eigenvalue weighted by atomic mass is 31.2. The summed E-state index contributed by atoms with van der Waals surface area (Å²) in [5, 5.41) is 3.60. The Balaban J connectivity index is 2.52. The number of hydrogen-bond donors (Lipinski definition) is 0. The quantitative estimate of drug-likeness (QED) is 0.691. The van der Waals surface area contributed by atoms with Crippen molar-refractivity contribution in [3.8, 4) is 5.88 Å². The van der Waals surface area contributed by atoms with Gasteiger partial charge in [0.25, 0.3) is 5.88 Å². The number of ether oxygens (including phenoxy) is 1. The van der Waals surface area contributed by atoms with E-state index in [0.717, 1.165) is 0 Å². The molecule has 0 amide bonds. The summed E-state index contributed by atoms with van der Waals surface area (Å²) in [4.78, 5) is 0. The number of aromatic nitrogens is 1. The fourth-order valence-electron chi connectivity index (χ4n) is 1.04. The van der Waals surface area contributed by atoms with Crippen molar-refractivity contribution in [3.05, 3.63) is 11.8 Å². The normalized spacial score (nSPS) is 14.7. The molecule has 1 heterocycles. The molecule has 0 radical (unpaired) electrons. The molecule has 0 spiro atoms. The minimum atomic E-state index is -2.99. The maximum atomic E-state index is 11.9. The van der Waals surface area contributed by atoms with Crippen LogP contribution >= 0.6 is 7.60 Å². The van der Waals surface area contributed by atoms with Gasteiger partial charge in [0.2, 0.25) is 0 Å². The van der Waals surface area contributed by atoms with Crippen LogP contribution in [0.1, 0.15) is 19.6 Å². The molecule has 0 aliphatic carbocycles. The molecule has 1 atom stereocenters. The summed E-state index contributed by atoms with van der Waals surface area (Å²) in [6.45, 7) is 3.92. The smallest absolute Gasteiger partial charge is 0.330 e. The molecule has 6 nitrogen and oxygen atoms in total. The molecule has 1 unspecified atom stereocenters. The predicted molar refractivity (Wildman–Crippen MR) is 57.6 cm³/mol. The van der Waals surface area contributed by atoms with Crippen molar-refractivity contribution in [2.45, 2.75) is 20.5 Å². The molecule has 1 aromatic rings. The SMILES string of the molecule is CCOP(=O)(CC)OCc1cc(OC)no1. The second kappa shape index (κ2) is 6.03. The van der Waals surface area contributed by atoms with Crippen LogP contribution < -0.4 is 4.74 Å². The van der Waals surface area contributed by atoms with Gasteiger partial charge >= 0.3 is 7.60 Å². The van der Waals surface area contributed by atoms with E-state index >= 15 is 0 Å². The first-order chi connectivity index (χ1) is 7.63. The van der Waals surface area contributed by atoms with Crippen molar-refractivity contribution >= 4 is 7.60 Å². The number of methoxy groups -OCH3 is 1. The van der Waals surface area contributed by atoms with Crippen LogP contribution in [0.4, 0.5) is 0 Å². The van der Waals surface area contributed by atoms with Crippen LogP contribution in [-0.4, -0.2) is 25.0 Å². The van der Waals surface area contributed by atoms with Gasteiger partial charge in [0, 0.05) is 12.2 Å². The van der Waals surface area contributed by atoms with Gasteiger partial charge in [-0.1, -0.05) is 6.92 Å². The molecule has 0 saturated carbocycles. The topological polar surface area (TPSA) is 70.8 Å². The maximum Gasteiger partial charge on any atom is 0.330 e. The van der Waals surface area contributed by atoms with E-state index in [1.807, 2.05) is 0 Å². The van der Waals surface area contributed by atoms with E-state index in [9.17, 15) is 4.57 Å². The molecule has 16 heavy (non-hydrogen) atoms. The fourth-order valence-corrected chi connectivity index (χ4v) is 2.19. The van der Waals surface area contributed by atoms with Gasteiger partial charge < -0.3 is 18.3 Å². The Bertz CT molecular complexity index is 365. The zero-order chi connectivity index (χ0) is 12.0. The van der Waals surface area contributed by atoms with Crippen molar-refractivity contribution in [3.63, 3.8) is 0 Å². The Morgan fingerprint density at radius 1 is 1.44 bits per heavy atom. The summed E-state index contributed by atoms with van der Waals surface area (Å²) < 4.78 is 31.9. The van der Waals surface area contributed by atoms with E-state index in [2.05, 4.69) is 5.16 Å². The summed E-state index contributed by atoms with van der Waals surface area (Å²) in [6.07, 6.45) is 0.326. The minimum Gasteiger partial charge on any atom is -0.479 e. The monoisotopic (exact) mass is 249 g/mol. The fraction of sp³-hybridized carbons (Fsp3) is 0.667. The molecule has 1 rings (SSSR count). The van der Waals surface area contributed by atoms with Crippen LogP contribution in [-0.2, 0) is 20.2 Å². The van der Waals surface area contributed by atoms with Crippen LogP contribution in [0.3, 0.4) is 0 Å². The first-order valence-electron chi connectivity index (χ1n) is 5.01. The van der Waals surface area contributed by atoms with E-state index in [-0.39, 0.29) is 6.61 Å².